The summed E-state index contributed by atoms with van der Waals surface area (Å²) in [7, 11) is 1.58. The Kier molecular flexibility index (Phi) is 6.61. The minimum atomic E-state index is -0.995. The Balaban J connectivity index is 2.18. The molecule has 0 saturated carbocycles. The van der Waals surface area contributed by atoms with Gasteiger partial charge in [0, 0.05) is 11.6 Å². The van der Waals surface area contributed by atoms with Gasteiger partial charge in [0.25, 0.3) is 0 Å². The second-order valence-electron chi connectivity index (χ2n) is 5.42. The molecule has 2 aromatic rings. The van der Waals surface area contributed by atoms with Crippen LogP contribution >= 0.6 is 11.6 Å². The molecule has 1 atom stereocenters. The zero-order valence-corrected chi connectivity index (χ0v) is 14.6. The van der Waals surface area contributed by atoms with E-state index in [2.05, 4.69) is 5.32 Å². The Hall–Kier alpha value is -2.31. The van der Waals surface area contributed by atoms with Gasteiger partial charge in [-0.1, -0.05) is 11.6 Å². The summed E-state index contributed by atoms with van der Waals surface area (Å²) >= 11 is 6.17. The van der Waals surface area contributed by atoms with Gasteiger partial charge in [0.1, 0.15) is 23.9 Å². The highest BCUT2D eigenvalue weighted by Gasteiger charge is 2.17. The van der Waals surface area contributed by atoms with Crippen LogP contribution in [0.15, 0.2) is 36.4 Å². The minimum Gasteiger partial charge on any atom is -0.497 e. The molecule has 0 aliphatic rings. The maximum atomic E-state index is 13.7. The summed E-state index contributed by atoms with van der Waals surface area (Å²) in [6, 6.07) is 9.17. The van der Waals surface area contributed by atoms with Gasteiger partial charge >= 0.3 is 5.97 Å². The van der Waals surface area contributed by atoms with Crippen LogP contribution in [0.25, 0.3) is 0 Å². The first-order valence-corrected chi connectivity index (χ1v) is 7.98. The molecule has 0 radical (unpaired) electrons. The summed E-state index contributed by atoms with van der Waals surface area (Å²) in [4.78, 5) is 10.7. The van der Waals surface area contributed by atoms with Crippen molar-refractivity contribution in [2.45, 2.75) is 19.6 Å². The fraction of sp³-hybridized carbons (Fsp3) is 0.278. The third-order valence-corrected chi connectivity index (χ3v) is 4.00. The lowest BCUT2D eigenvalue weighted by Crippen LogP contribution is -2.26. The van der Waals surface area contributed by atoms with E-state index in [4.69, 9.17) is 26.2 Å². The first-order chi connectivity index (χ1) is 11.9. The molecule has 5 nitrogen and oxygen atoms in total. The molecule has 0 bridgehead atoms. The molecule has 0 aromatic heterocycles. The van der Waals surface area contributed by atoms with Crippen molar-refractivity contribution in [2.24, 2.45) is 0 Å². The van der Waals surface area contributed by atoms with Crippen LogP contribution in [0.1, 0.15) is 24.1 Å². The predicted molar refractivity (Wildman–Crippen MR) is 92.8 cm³/mol. The third-order valence-electron chi connectivity index (χ3n) is 3.66. The number of rotatable bonds is 8. The number of benzene rings is 2. The molecule has 0 heterocycles. The lowest BCUT2D eigenvalue weighted by atomic mass is 10.0. The Bertz CT molecular complexity index is 737. The van der Waals surface area contributed by atoms with Crippen molar-refractivity contribution in [2.75, 3.05) is 13.7 Å². The molecule has 7 heteroatoms. The van der Waals surface area contributed by atoms with E-state index in [1.54, 1.807) is 38.3 Å². The number of carboxylic acid groups (broad SMARTS) is 1. The van der Waals surface area contributed by atoms with Crippen LogP contribution in [0.5, 0.6) is 11.5 Å². The van der Waals surface area contributed by atoms with E-state index in [1.807, 2.05) is 0 Å². The van der Waals surface area contributed by atoms with Crippen molar-refractivity contribution >= 4 is 17.6 Å². The van der Waals surface area contributed by atoms with Gasteiger partial charge in [-0.15, -0.1) is 0 Å². The fourth-order valence-electron chi connectivity index (χ4n) is 2.34. The largest absolute Gasteiger partial charge is 0.497 e. The number of carboxylic acids is 1. The second kappa shape index (κ2) is 8.69. The smallest absolute Gasteiger partial charge is 0.317 e. The molecule has 0 aliphatic carbocycles. The number of halogens is 2. The minimum absolute atomic E-state index is 0.125. The Morgan fingerprint density at radius 2 is 1.92 bits per heavy atom. The molecular weight excluding hydrogens is 349 g/mol. The van der Waals surface area contributed by atoms with Gasteiger partial charge in [-0.05, 0) is 48.9 Å². The Labute approximate surface area is 150 Å². The summed E-state index contributed by atoms with van der Waals surface area (Å²) in [5.41, 5.74) is 1.16. The van der Waals surface area contributed by atoms with Gasteiger partial charge in [-0.25, -0.2) is 4.39 Å². The van der Waals surface area contributed by atoms with Gasteiger partial charge in [0.15, 0.2) is 0 Å². The van der Waals surface area contributed by atoms with Crippen LogP contribution in [0.2, 0.25) is 5.02 Å². The second-order valence-corrected chi connectivity index (χ2v) is 5.82. The van der Waals surface area contributed by atoms with E-state index in [1.165, 1.54) is 12.1 Å². The summed E-state index contributed by atoms with van der Waals surface area (Å²) in [6.07, 6.45) is 0. The zero-order valence-electron chi connectivity index (χ0n) is 13.9. The summed E-state index contributed by atoms with van der Waals surface area (Å²) in [5, 5.41) is 11.8. The average molecular weight is 368 g/mol. The van der Waals surface area contributed by atoms with Crippen LogP contribution in [0.4, 0.5) is 4.39 Å². The van der Waals surface area contributed by atoms with E-state index in [9.17, 15) is 9.18 Å². The Morgan fingerprint density at radius 1 is 1.28 bits per heavy atom. The third kappa shape index (κ3) is 5.34. The lowest BCUT2D eigenvalue weighted by Gasteiger charge is -2.19. The normalized spacial score (nSPS) is 11.8. The number of aliphatic carboxylic acids is 1. The summed E-state index contributed by atoms with van der Waals surface area (Å²) < 4.78 is 24.5. The molecule has 0 spiro atoms. The number of ether oxygens (including phenoxy) is 2. The lowest BCUT2D eigenvalue weighted by molar-refractivity contribution is -0.136. The van der Waals surface area contributed by atoms with Gasteiger partial charge in [0.2, 0.25) is 0 Å². The summed E-state index contributed by atoms with van der Waals surface area (Å²) in [5.74, 6) is -0.166. The van der Waals surface area contributed by atoms with E-state index in [-0.39, 0.29) is 18.2 Å². The van der Waals surface area contributed by atoms with Crippen molar-refractivity contribution in [3.05, 3.63) is 58.4 Å². The van der Waals surface area contributed by atoms with Crippen LogP contribution in [-0.4, -0.2) is 24.7 Å². The van der Waals surface area contributed by atoms with E-state index < -0.39 is 17.8 Å². The fourth-order valence-corrected chi connectivity index (χ4v) is 2.61. The maximum Gasteiger partial charge on any atom is 0.317 e. The molecular formula is C18H19ClFNO4. The number of hydrogen-bond donors (Lipinski definition) is 2. The first kappa shape index (κ1) is 19.0. The molecule has 25 heavy (non-hydrogen) atoms. The number of hydrogen-bond acceptors (Lipinski definition) is 4. The van der Waals surface area contributed by atoms with Crippen molar-refractivity contribution < 1.29 is 23.8 Å². The van der Waals surface area contributed by atoms with Crippen molar-refractivity contribution in [3.8, 4) is 11.5 Å². The SMILES string of the molecule is COc1ccc(OCc2c(Cl)cc(F)cc2C(C)NCC(=O)O)cc1. The van der Waals surface area contributed by atoms with Crippen LogP contribution in [0, 0.1) is 5.82 Å². The van der Waals surface area contributed by atoms with Gasteiger partial charge in [-0.2, -0.15) is 0 Å². The molecule has 134 valence electrons. The number of carbonyl (C=O) groups is 1. The zero-order chi connectivity index (χ0) is 18.4. The van der Waals surface area contributed by atoms with Gasteiger partial charge in [-0.3, -0.25) is 4.79 Å². The van der Waals surface area contributed by atoms with Crippen LogP contribution in [-0.2, 0) is 11.4 Å². The molecule has 1 unspecified atom stereocenters. The van der Waals surface area contributed by atoms with E-state index >= 15 is 0 Å². The van der Waals surface area contributed by atoms with Gasteiger partial charge in [0.05, 0.1) is 18.7 Å². The van der Waals surface area contributed by atoms with Crippen molar-refractivity contribution in [1.82, 2.24) is 5.32 Å². The van der Waals surface area contributed by atoms with E-state index in [0.717, 1.165) is 0 Å². The number of nitrogens with one attached hydrogen (secondary N) is 1. The predicted octanol–water partition coefficient (Wildman–Crippen LogP) is 3.80. The maximum absolute atomic E-state index is 13.7. The van der Waals surface area contributed by atoms with E-state index in [0.29, 0.717) is 22.6 Å². The first-order valence-electron chi connectivity index (χ1n) is 7.60. The molecule has 0 aliphatic heterocycles. The Morgan fingerprint density at radius 3 is 2.52 bits per heavy atom. The topological polar surface area (TPSA) is 67.8 Å². The quantitative estimate of drug-likeness (QED) is 0.742. The van der Waals surface area contributed by atoms with Gasteiger partial charge < -0.3 is 19.9 Å². The monoisotopic (exact) mass is 367 g/mol. The van der Waals surface area contributed by atoms with Crippen molar-refractivity contribution in [1.29, 1.82) is 0 Å². The summed E-state index contributed by atoms with van der Waals surface area (Å²) in [6.45, 7) is 1.62. The van der Waals surface area contributed by atoms with Crippen LogP contribution < -0.4 is 14.8 Å². The van der Waals surface area contributed by atoms with Crippen LogP contribution in [0.3, 0.4) is 0 Å². The van der Waals surface area contributed by atoms with Crippen molar-refractivity contribution in [3.63, 3.8) is 0 Å². The average Bonchev–Trinajstić information content (AvgIpc) is 2.58. The molecule has 2 N–H and O–H groups in total. The number of methoxy groups -OCH3 is 1. The molecule has 0 saturated heterocycles. The molecule has 2 aromatic carbocycles. The highest BCUT2D eigenvalue weighted by Crippen LogP contribution is 2.28. The highest BCUT2D eigenvalue weighted by molar-refractivity contribution is 6.31. The highest BCUT2D eigenvalue weighted by atomic mass is 35.5. The molecule has 2 rings (SSSR count). The standard InChI is InChI=1S/C18H19ClFNO4/c1-11(21-9-18(22)23)15-7-12(20)8-17(19)16(15)10-25-14-5-3-13(24-2)4-6-14/h3-8,11,21H,9-10H2,1-2H3,(H,22,23). The molecule has 0 amide bonds. The molecule has 0 fully saturated rings.